The van der Waals surface area contributed by atoms with E-state index in [-0.39, 0.29) is 18.0 Å². The van der Waals surface area contributed by atoms with Crippen molar-refractivity contribution in [1.29, 1.82) is 0 Å². The summed E-state index contributed by atoms with van der Waals surface area (Å²) >= 11 is 0. The topological polar surface area (TPSA) is 47.4 Å². The number of hydrogen-bond acceptors (Lipinski definition) is 3. The average Bonchev–Trinajstić information content (AvgIpc) is 2.88. The molecule has 1 aliphatic rings. The normalized spacial score (nSPS) is 17.5. The Morgan fingerprint density at radius 3 is 2.58 bits per heavy atom. The van der Waals surface area contributed by atoms with Crippen LogP contribution in [0.5, 0.6) is 0 Å². The maximum atomic E-state index is 13.2. The first-order valence-electron chi connectivity index (χ1n) is 8.05. The summed E-state index contributed by atoms with van der Waals surface area (Å²) in [6, 6.07) is 6.30. The van der Waals surface area contributed by atoms with E-state index in [1.165, 1.54) is 12.1 Å². The summed E-state index contributed by atoms with van der Waals surface area (Å²) in [5, 5.41) is 4.42. The highest BCUT2D eigenvalue weighted by Crippen LogP contribution is 2.29. The molecule has 0 aliphatic carbocycles. The maximum Gasteiger partial charge on any atom is 0.410 e. The molecule has 1 aromatic carbocycles. The summed E-state index contributed by atoms with van der Waals surface area (Å²) in [5.74, 6) is -0.274. The lowest BCUT2D eigenvalue weighted by Gasteiger charge is -2.35. The summed E-state index contributed by atoms with van der Waals surface area (Å²) in [6.07, 6.45) is 1.45. The minimum Gasteiger partial charge on any atom is -0.444 e. The van der Waals surface area contributed by atoms with Crippen LogP contribution in [0.15, 0.2) is 30.5 Å². The summed E-state index contributed by atoms with van der Waals surface area (Å²) in [5.41, 5.74) is 2.20. The van der Waals surface area contributed by atoms with Crippen molar-refractivity contribution in [2.45, 2.75) is 52.4 Å². The molecule has 3 rings (SSSR count). The number of amides is 1. The van der Waals surface area contributed by atoms with Crippen LogP contribution in [0.25, 0.3) is 11.1 Å². The molecule has 0 saturated carbocycles. The van der Waals surface area contributed by atoms with E-state index in [1.807, 2.05) is 32.4 Å². The van der Waals surface area contributed by atoms with Gasteiger partial charge in [-0.3, -0.25) is 9.58 Å². The highest BCUT2D eigenvalue weighted by molar-refractivity contribution is 5.70. The Balaban J connectivity index is 1.89. The maximum absolute atomic E-state index is 13.2. The van der Waals surface area contributed by atoms with Gasteiger partial charge in [0, 0.05) is 5.56 Å². The number of aromatic nitrogens is 2. The van der Waals surface area contributed by atoms with E-state index in [9.17, 15) is 9.18 Å². The van der Waals surface area contributed by atoms with Gasteiger partial charge in [0.15, 0.2) is 0 Å². The monoisotopic (exact) mass is 331 g/mol. The average molecular weight is 331 g/mol. The van der Waals surface area contributed by atoms with Crippen molar-refractivity contribution >= 4 is 6.09 Å². The Bertz CT molecular complexity index is 747. The third-order valence-corrected chi connectivity index (χ3v) is 4.02. The van der Waals surface area contributed by atoms with Crippen LogP contribution in [0.1, 0.15) is 33.4 Å². The van der Waals surface area contributed by atoms with E-state index in [1.54, 1.807) is 23.2 Å². The number of nitrogens with zero attached hydrogens (tertiary/aromatic N) is 3. The van der Waals surface area contributed by atoms with E-state index in [4.69, 9.17) is 4.74 Å². The van der Waals surface area contributed by atoms with Gasteiger partial charge in [-0.05, 0) is 45.4 Å². The van der Waals surface area contributed by atoms with Crippen molar-refractivity contribution in [2.75, 3.05) is 0 Å². The van der Waals surface area contributed by atoms with E-state index in [2.05, 4.69) is 5.10 Å². The first-order valence-corrected chi connectivity index (χ1v) is 8.05. The fourth-order valence-corrected chi connectivity index (χ4v) is 2.84. The minimum absolute atomic E-state index is 0.00619. The van der Waals surface area contributed by atoms with Gasteiger partial charge in [0.05, 0.1) is 31.0 Å². The van der Waals surface area contributed by atoms with Gasteiger partial charge >= 0.3 is 6.09 Å². The van der Waals surface area contributed by atoms with Gasteiger partial charge in [-0.1, -0.05) is 12.1 Å². The SMILES string of the molecule is C[C@@H]1Cn2ncc(-c3ccc(F)cc3)c2CN1C(=O)OC(C)(C)C. The molecule has 0 radical (unpaired) electrons. The molecule has 1 aromatic heterocycles. The van der Waals surface area contributed by atoms with Crippen molar-refractivity contribution in [3.05, 3.63) is 42.0 Å². The Hall–Kier alpha value is -2.37. The lowest BCUT2D eigenvalue weighted by Crippen LogP contribution is -2.47. The highest BCUT2D eigenvalue weighted by Gasteiger charge is 2.32. The van der Waals surface area contributed by atoms with E-state index < -0.39 is 5.60 Å². The second kappa shape index (κ2) is 5.92. The van der Waals surface area contributed by atoms with Crippen LogP contribution in [0, 0.1) is 5.82 Å². The Kier molecular flexibility index (Phi) is 4.07. The fourth-order valence-electron chi connectivity index (χ4n) is 2.84. The molecule has 0 fully saturated rings. The van der Waals surface area contributed by atoms with Crippen LogP contribution in [0.4, 0.5) is 9.18 Å². The van der Waals surface area contributed by atoms with Crippen molar-refractivity contribution in [1.82, 2.24) is 14.7 Å². The van der Waals surface area contributed by atoms with Gasteiger partial charge in [0.25, 0.3) is 0 Å². The van der Waals surface area contributed by atoms with Crippen molar-refractivity contribution in [2.24, 2.45) is 0 Å². The number of carbonyl (C=O) groups excluding carboxylic acids is 1. The molecule has 0 spiro atoms. The lowest BCUT2D eigenvalue weighted by molar-refractivity contribution is 0.00913. The van der Waals surface area contributed by atoms with Crippen LogP contribution < -0.4 is 0 Å². The molecule has 2 aromatic rings. The van der Waals surface area contributed by atoms with Gasteiger partial charge in [-0.15, -0.1) is 0 Å². The van der Waals surface area contributed by atoms with Crippen molar-refractivity contribution in [3.8, 4) is 11.1 Å². The molecule has 0 bridgehead atoms. The number of benzene rings is 1. The smallest absolute Gasteiger partial charge is 0.410 e. The number of hydrogen-bond donors (Lipinski definition) is 0. The Morgan fingerprint density at radius 1 is 1.29 bits per heavy atom. The molecule has 0 N–H and O–H groups in total. The predicted octanol–water partition coefficient (Wildman–Crippen LogP) is 3.83. The van der Waals surface area contributed by atoms with E-state index in [0.29, 0.717) is 13.1 Å². The molecule has 1 atom stereocenters. The first kappa shape index (κ1) is 16.5. The molecule has 0 unspecified atom stereocenters. The second-order valence-corrected chi connectivity index (χ2v) is 7.15. The zero-order chi connectivity index (χ0) is 17.5. The van der Waals surface area contributed by atoms with Crippen LogP contribution in [-0.2, 0) is 17.8 Å². The minimum atomic E-state index is -0.533. The van der Waals surface area contributed by atoms with Gasteiger partial charge < -0.3 is 4.74 Å². The Labute approximate surface area is 141 Å². The number of fused-ring (bicyclic) bond motifs is 1. The molecule has 2 heterocycles. The summed E-state index contributed by atoms with van der Waals surface area (Å²) in [6.45, 7) is 8.57. The molecular weight excluding hydrogens is 309 g/mol. The molecule has 128 valence electrons. The number of halogens is 1. The van der Waals surface area contributed by atoms with Crippen LogP contribution >= 0.6 is 0 Å². The zero-order valence-electron chi connectivity index (χ0n) is 14.4. The first-order chi connectivity index (χ1) is 11.2. The third-order valence-electron chi connectivity index (χ3n) is 4.02. The molecule has 0 saturated heterocycles. The largest absolute Gasteiger partial charge is 0.444 e. The summed E-state index contributed by atoms with van der Waals surface area (Å²) < 4.78 is 20.6. The second-order valence-electron chi connectivity index (χ2n) is 7.15. The molecule has 1 amide bonds. The van der Waals surface area contributed by atoms with Crippen LogP contribution in [0.2, 0.25) is 0 Å². The summed E-state index contributed by atoms with van der Waals surface area (Å²) in [4.78, 5) is 14.2. The van der Waals surface area contributed by atoms with Gasteiger partial charge in [0.1, 0.15) is 11.4 Å². The molecule has 6 heteroatoms. The van der Waals surface area contributed by atoms with Gasteiger partial charge in [0.2, 0.25) is 0 Å². The predicted molar refractivity (Wildman–Crippen MR) is 88.9 cm³/mol. The summed E-state index contributed by atoms with van der Waals surface area (Å²) in [7, 11) is 0. The van der Waals surface area contributed by atoms with Crippen molar-refractivity contribution < 1.29 is 13.9 Å². The standard InChI is InChI=1S/C18H22FN3O2/c1-12-10-22-16(11-21(12)17(23)24-18(2,3)4)15(9-20-22)13-5-7-14(19)8-6-13/h5-9,12H,10-11H2,1-4H3/t12-/m1/s1. The third kappa shape index (κ3) is 3.27. The zero-order valence-corrected chi connectivity index (χ0v) is 14.4. The van der Waals surface area contributed by atoms with Gasteiger partial charge in [-0.25, -0.2) is 9.18 Å². The Morgan fingerprint density at radius 2 is 1.96 bits per heavy atom. The fraction of sp³-hybridized carbons (Fsp3) is 0.444. The van der Waals surface area contributed by atoms with E-state index in [0.717, 1.165) is 16.8 Å². The molecule has 1 aliphatic heterocycles. The molecule has 24 heavy (non-hydrogen) atoms. The van der Waals surface area contributed by atoms with E-state index >= 15 is 0 Å². The lowest BCUT2D eigenvalue weighted by atomic mass is 10.0. The van der Waals surface area contributed by atoms with Crippen LogP contribution in [0.3, 0.4) is 0 Å². The van der Waals surface area contributed by atoms with Crippen LogP contribution in [-0.4, -0.2) is 32.4 Å². The highest BCUT2D eigenvalue weighted by atomic mass is 19.1. The van der Waals surface area contributed by atoms with Gasteiger partial charge in [-0.2, -0.15) is 5.10 Å². The number of rotatable bonds is 1. The number of carbonyl (C=O) groups is 1. The molecule has 5 nitrogen and oxygen atoms in total. The van der Waals surface area contributed by atoms with Crippen molar-refractivity contribution in [3.63, 3.8) is 0 Å². The number of ether oxygens (including phenoxy) is 1. The molecular formula is C18H22FN3O2. The quantitative estimate of drug-likeness (QED) is 0.798.